The van der Waals surface area contributed by atoms with Crippen LogP contribution in [0, 0.1) is 0 Å². The van der Waals surface area contributed by atoms with Gasteiger partial charge in [-0.05, 0) is 12.8 Å². The van der Waals surface area contributed by atoms with Crippen LogP contribution in [0.1, 0.15) is 90.9 Å². The summed E-state index contributed by atoms with van der Waals surface area (Å²) in [6, 6.07) is 0. The van der Waals surface area contributed by atoms with Gasteiger partial charge >= 0.3 is 5.97 Å². The Morgan fingerprint density at radius 2 is 1.17 bits per heavy atom. The van der Waals surface area contributed by atoms with Crippen LogP contribution in [0.25, 0.3) is 0 Å². The second-order valence-corrected chi connectivity index (χ2v) is 6.25. The summed E-state index contributed by atoms with van der Waals surface area (Å²) in [7, 11) is 0. The summed E-state index contributed by atoms with van der Waals surface area (Å²) >= 11 is 0. The molecule has 2 N–H and O–H groups in total. The molecule has 0 aliphatic heterocycles. The molecular formula is C18H39ClN2O2. The van der Waals surface area contributed by atoms with Gasteiger partial charge in [-0.1, -0.05) is 78.1 Å². The van der Waals surface area contributed by atoms with Crippen molar-refractivity contribution in [2.75, 3.05) is 19.6 Å². The van der Waals surface area contributed by atoms with Crippen LogP contribution in [0.3, 0.4) is 0 Å². The van der Waals surface area contributed by atoms with Gasteiger partial charge in [0.2, 0.25) is 0 Å². The molecule has 0 aromatic carbocycles. The van der Waals surface area contributed by atoms with Crippen LogP contribution in [0.5, 0.6) is 0 Å². The molecule has 4 nitrogen and oxygen atoms in total. The molecule has 0 unspecified atom stereocenters. The SMILES string of the molecule is CCCCCCCCN(CCCCCCCC)NCC(=O)O.Cl. The summed E-state index contributed by atoms with van der Waals surface area (Å²) in [4.78, 5) is 10.7. The third-order valence-corrected chi connectivity index (χ3v) is 4.02. The van der Waals surface area contributed by atoms with Crippen molar-refractivity contribution in [3.05, 3.63) is 0 Å². The zero-order chi connectivity index (χ0) is 16.5. The Balaban J connectivity index is 0. The predicted octanol–water partition coefficient (Wildman–Crippen LogP) is 5.02. The van der Waals surface area contributed by atoms with Crippen molar-refractivity contribution in [2.45, 2.75) is 90.9 Å². The van der Waals surface area contributed by atoms with Gasteiger partial charge in [0, 0.05) is 13.1 Å². The first kappa shape index (κ1) is 24.9. The predicted molar refractivity (Wildman–Crippen MR) is 101 cm³/mol. The maximum Gasteiger partial charge on any atom is 0.318 e. The highest BCUT2D eigenvalue weighted by atomic mass is 35.5. The van der Waals surface area contributed by atoms with E-state index in [1.54, 1.807) is 0 Å². The van der Waals surface area contributed by atoms with E-state index in [0.717, 1.165) is 25.9 Å². The Hall–Kier alpha value is -0.320. The van der Waals surface area contributed by atoms with Crippen molar-refractivity contribution < 1.29 is 9.90 Å². The minimum atomic E-state index is -0.782. The third-order valence-electron chi connectivity index (χ3n) is 4.02. The zero-order valence-electron chi connectivity index (χ0n) is 15.3. The molecule has 0 rings (SSSR count). The lowest BCUT2D eigenvalue weighted by molar-refractivity contribution is -0.137. The van der Waals surface area contributed by atoms with E-state index in [1.807, 2.05) is 0 Å². The average Bonchev–Trinajstić information content (AvgIpc) is 2.50. The lowest BCUT2D eigenvalue weighted by Gasteiger charge is -2.22. The Bertz CT molecular complexity index is 237. The van der Waals surface area contributed by atoms with E-state index in [2.05, 4.69) is 24.3 Å². The number of aliphatic carboxylic acids is 1. The van der Waals surface area contributed by atoms with E-state index in [0.29, 0.717) is 0 Å². The summed E-state index contributed by atoms with van der Waals surface area (Å²) in [5, 5.41) is 10.9. The van der Waals surface area contributed by atoms with Crippen LogP contribution in [-0.4, -0.2) is 35.7 Å². The number of carbonyl (C=O) groups is 1. The fourth-order valence-corrected chi connectivity index (χ4v) is 2.62. The molecule has 0 saturated heterocycles. The molecule has 0 heterocycles. The number of rotatable bonds is 17. The second-order valence-electron chi connectivity index (χ2n) is 6.25. The molecule has 0 bridgehead atoms. The quantitative estimate of drug-likeness (QED) is 0.285. The van der Waals surface area contributed by atoms with Crippen molar-refractivity contribution in [3.8, 4) is 0 Å². The summed E-state index contributed by atoms with van der Waals surface area (Å²) < 4.78 is 0. The summed E-state index contributed by atoms with van der Waals surface area (Å²) in [6.07, 6.45) is 15.3. The number of nitrogens with one attached hydrogen (secondary N) is 1. The van der Waals surface area contributed by atoms with Crippen molar-refractivity contribution in [3.63, 3.8) is 0 Å². The van der Waals surface area contributed by atoms with Crippen LogP contribution in [0.2, 0.25) is 0 Å². The molecule has 0 saturated carbocycles. The van der Waals surface area contributed by atoms with Gasteiger partial charge in [-0.2, -0.15) is 0 Å². The van der Waals surface area contributed by atoms with Crippen LogP contribution in [0.4, 0.5) is 0 Å². The summed E-state index contributed by atoms with van der Waals surface area (Å²) in [6.45, 7) is 6.44. The molecule has 0 radical (unpaired) electrons. The first-order chi connectivity index (χ1) is 10.7. The number of hydrogen-bond acceptors (Lipinski definition) is 3. The molecule has 0 aromatic heterocycles. The van der Waals surface area contributed by atoms with Crippen LogP contribution in [-0.2, 0) is 4.79 Å². The van der Waals surface area contributed by atoms with E-state index in [-0.39, 0.29) is 19.0 Å². The largest absolute Gasteiger partial charge is 0.480 e. The molecule has 140 valence electrons. The standard InChI is InChI=1S/C18H38N2O2.ClH/c1-3-5-7-9-11-13-15-20(19-17-18(21)22)16-14-12-10-8-6-4-2;/h19H,3-17H2,1-2H3,(H,21,22);1H. The van der Waals surface area contributed by atoms with Crippen molar-refractivity contribution in [1.82, 2.24) is 10.4 Å². The van der Waals surface area contributed by atoms with Gasteiger partial charge < -0.3 is 5.11 Å². The second kappa shape index (κ2) is 19.7. The van der Waals surface area contributed by atoms with Gasteiger partial charge in [0.05, 0.1) is 0 Å². The Morgan fingerprint density at radius 1 is 0.783 bits per heavy atom. The zero-order valence-corrected chi connectivity index (χ0v) is 16.1. The number of hydrogen-bond donors (Lipinski definition) is 2. The molecular weight excluding hydrogens is 312 g/mol. The highest BCUT2D eigenvalue weighted by molar-refractivity contribution is 5.85. The summed E-state index contributed by atoms with van der Waals surface area (Å²) in [5.74, 6) is -0.782. The Kier molecular flexibility index (Phi) is 21.4. The van der Waals surface area contributed by atoms with E-state index in [1.165, 1.54) is 64.2 Å². The normalized spacial score (nSPS) is 10.7. The maximum absolute atomic E-state index is 10.7. The van der Waals surface area contributed by atoms with E-state index in [4.69, 9.17) is 5.11 Å². The molecule has 0 aliphatic carbocycles. The van der Waals surface area contributed by atoms with E-state index in [9.17, 15) is 4.79 Å². The van der Waals surface area contributed by atoms with Crippen molar-refractivity contribution in [2.24, 2.45) is 0 Å². The lowest BCUT2D eigenvalue weighted by Crippen LogP contribution is -2.42. The average molecular weight is 351 g/mol. The van der Waals surface area contributed by atoms with Gasteiger partial charge in [-0.25, -0.2) is 10.4 Å². The minimum Gasteiger partial charge on any atom is -0.480 e. The fraction of sp³-hybridized carbons (Fsp3) is 0.944. The molecule has 0 atom stereocenters. The summed E-state index contributed by atoms with van der Waals surface area (Å²) in [5.41, 5.74) is 3.06. The Morgan fingerprint density at radius 3 is 1.57 bits per heavy atom. The number of unbranched alkanes of at least 4 members (excludes halogenated alkanes) is 10. The smallest absolute Gasteiger partial charge is 0.318 e. The molecule has 0 spiro atoms. The molecule has 0 aromatic rings. The molecule has 0 amide bonds. The molecule has 0 aliphatic rings. The van der Waals surface area contributed by atoms with Crippen LogP contribution >= 0.6 is 12.4 Å². The molecule has 5 heteroatoms. The van der Waals surface area contributed by atoms with Crippen LogP contribution in [0.15, 0.2) is 0 Å². The number of nitrogens with zero attached hydrogens (tertiary/aromatic N) is 1. The monoisotopic (exact) mass is 350 g/mol. The topological polar surface area (TPSA) is 52.6 Å². The third kappa shape index (κ3) is 19.6. The van der Waals surface area contributed by atoms with Gasteiger partial charge in [0.25, 0.3) is 0 Å². The first-order valence-electron chi connectivity index (χ1n) is 9.41. The van der Waals surface area contributed by atoms with Crippen molar-refractivity contribution >= 4 is 18.4 Å². The van der Waals surface area contributed by atoms with Crippen molar-refractivity contribution in [1.29, 1.82) is 0 Å². The highest BCUT2D eigenvalue weighted by Crippen LogP contribution is 2.08. The maximum atomic E-state index is 10.7. The number of carboxylic acids is 1. The lowest BCUT2D eigenvalue weighted by atomic mass is 10.1. The number of carboxylic acid groups (broad SMARTS) is 1. The number of halogens is 1. The van der Waals surface area contributed by atoms with Gasteiger partial charge in [-0.3, -0.25) is 4.79 Å². The van der Waals surface area contributed by atoms with E-state index >= 15 is 0 Å². The van der Waals surface area contributed by atoms with Gasteiger partial charge in [-0.15, -0.1) is 12.4 Å². The first-order valence-corrected chi connectivity index (χ1v) is 9.41. The van der Waals surface area contributed by atoms with Gasteiger partial charge in [0.1, 0.15) is 6.54 Å². The van der Waals surface area contributed by atoms with Crippen LogP contribution < -0.4 is 5.43 Å². The van der Waals surface area contributed by atoms with E-state index < -0.39 is 5.97 Å². The fourth-order valence-electron chi connectivity index (χ4n) is 2.62. The Labute approximate surface area is 149 Å². The molecule has 0 fully saturated rings. The van der Waals surface area contributed by atoms with Gasteiger partial charge in [0.15, 0.2) is 0 Å². The highest BCUT2D eigenvalue weighted by Gasteiger charge is 2.06. The number of hydrazine groups is 1. The minimum absolute atomic E-state index is 0. The molecule has 23 heavy (non-hydrogen) atoms.